The van der Waals surface area contributed by atoms with Crippen molar-refractivity contribution in [1.29, 1.82) is 0 Å². The first kappa shape index (κ1) is 23.6. The van der Waals surface area contributed by atoms with Gasteiger partial charge in [-0.25, -0.2) is 9.18 Å². The van der Waals surface area contributed by atoms with Crippen LogP contribution < -0.4 is 9.47 Å². The molecule has 1 saturated heterocycles. The molecule has 7 nitrogen and oxygen atoms in total. The van der Waals surface area contributed by atoms with Crippen LogP contribution in [-0.4, -0.2) is 42.3 Å². The van der Waals surface area contributed by atoms with Crippen molar-refractivity contribution in [3.63, 3.8) is 0 Å². The monoisotopic (exact) mass is 479 g/mol. The van der Waals surface area contributed by atoms with Crippen LogP contribution in [0.5, 0.6) is 11.5 Å². The second-order valence-electron chi connectivity index (χ2n) is 6.51. The highest BCUT2D eigenvalue weighted by Crippen LogP contribution is 2.36. The Morgan fingerprint density at radius 1 is 1.16 bits per heavy atom. The first-order chi connectivity index (χ1) is 15.3. The molecule has 10 heteroatoms. The molecule has 1 fully saturated rings. The molecule has 0 N–H and O–H groups in total. The van der Waals surface area contributed by atoms with Gasteiger partial charge in [0.1, 0.15) is 5.82 Å². The zero-order valence-corrected chi connectivity index (χ0v) is 18.8. The summed E-state index contributed by atoms with van der Waals surface area (Å²) in [4.78, 5) is 37.8. The smallest absolute Gasteiger partial charge is 0.343 e. The lowest BCUT2D eigenvalue weighted by atomic mass is 10.1. The van der Waals surface area contributed by atoms with Crippen molar-refractivity contribution in [2.45, 2.75) is 13.5 Å². The van der Waals surface area contributed by atoms with Crippen LogP contribution in [0.4, 0.5) is 9.18 Å². The van der Waals surface area contributed by atoms with E-state index in [1.165, 1.54) is 19.2 Å². The molecule has 0 aromatic heterocycles. The number of benzene rings is 2. The van der Waals surface area contributed by atoms with Crippen LogP contribution in [0, 0.1) is 5.82 Å². The number of hydrogen-bond acceptors (Lipinski definition) is 7. The number of halogens is 2. The first-order valence-corrected chi connectivity index (χ1v) is 10.7. The molecule has 1 heterocycles. The van der Waals surface area contributed by atoms with Crippen LogP contribution in [-0.2, 0) is 20.9 Å². The van der Waals surface area contributed by atoms with E-state index in [9.17, 15) is 18.8 Å². The van der Waals surface area contributed by atoms with Gasteiger partial charge in [-0.05, 0) is 60.2 Å². The Morgan fingerprint density at radius 2 is 1.94 bits per heavy atom. The maximum Gasteiger partial charge on any atom is 0.343 e. The third kappa shape index (κ3) is 5.60. The second-order valence-corrected chi connectivity index (χ2v) is 7.91. The molecule has 1 aliphatic heterocycles. The van der Waals surface area contributed by atoms with Crippen LogP contribution in [0.1, 0.15) is 18.1 Å². The minimum Gasteiger partial charge on any atom is -0.490 e. The van der Waals surface area contributed by atoms with Gasteiger partial charge in [0.2, 0.25) is 0 Å². The molecule has 0 radical (unpaired) electrons. The Kier molecular flexibility index (Phi) is 7.76. The molecule has 0 saturated carbocycles. The maximum absolute atomic E-state index is 13.3. The fraction of sp³-hybridized carbons (Fsp3) is 0.227. The van der Waals surface area contributed by atoms with Crippen molar-refractivity contribution in [3.05, 3.63) is 63.3 Å². The summed E-state index contributed by atoms with van der Waals surface area (Å²) in [5.74, 6) is -0.802. The minimum absolute atomic E-state index is 0.0639. The average Bonchev–Trinajstić information content (AvgIpc) is 3.02. The molecule has 168 valence electrons. The largest absolute Gasteiger partial charge is 0.490 e. The fourth-order valence-electron chi connectivity index (χ4n) is 2.81. The van der Waals surface area contributed by atoms with Crippen LogP contribution in [0.3, 0.4) is 0 Å². The van der Waals surface area contributed by atoms with Crippen LogP contribution >= 0.6 is 23.4 Å². The first-order valence-electron chi connectivity index (χ1n) is 9.48. The van der Waals surface area contributed by atoms with Gasteiger partial charge in [0.25, 0.3) is 11.1 Å². The summed E-state index contributed by atoms with van der Waals surface area (Å²) in [6, 6.07) is 8.69. The lowest BCUT2D eigenvalue weighted by Gasteiger charge is -2.13. The summed E-state index contributed by atoms with van der Waals surface area (Å²) in [6.07, 6.45) is 1.56. The van der Waals surface area contributed by atoms with Gasteiger partial charge in [0.15, 0.2) is 18.1 Å². The number of ether oxygens (including phenoxy) is 3. The Labute approximate surface area is 193 Å². The standard InChI is InChI=1S/C22H19ClFNO6S/c1-3-30-18-8-13(4-7-17(18)31-12-20(26)29-2)9-19-21(27)25(22(28)32-19)11-14-5-6-15(24)10-16(14)23/h4-10H,3,11-12H2,1-2H3/b19-9-. The molecular formula is C22H19ClFNO6S. The van der Waals surface area contributed by atoms with Gasteiger partial charge >= 0.3 is 5.97 Å². The molecule has 32 heavy (non-hydrogen) atoms. The zero-order valence-electron chi connectivity index (χ0n) is 17.2. The third-order valence-corrected chi connectivity index (χ3v) is 5.61. The van der Waals surface area contributed by atoms with Crippen LogP contribution in [0.25, 0.3) is 6.08 Å². The number of nitrogens with zero attached hydrogens (tertiary/aromatic N) is 1. The second kappa shape index (κ2) is 10.5. The Bertz CT molecular complexity index is 1090. The van der Waals surface area contributed by atoms with E-state index in [2.05, 4.69) is 4.74 Å². The number of esters is 1. The quantitative estimate of drug-likeness (QED) is 0.402. The summed E-state index contributed by atoms with van der Waals surface area (Å²) in [7, 11) is 1.26. The highest BCUT2D eigenvalue weighted by atomic mass is 35.5. The van der Waals surface area contributed by atoms with E-state index in [1.807, 2.05) is 0 Å². The molecule has 2 aromatic carbocycles. The fourth-order valence-corrected chi connectivity index (χ4v) is 3.87. The summed E-state index contributed by atoms with van der Waals surface area (Å²) in [6.45, 7) is 1.81. The number of amides is 2. The van der Waals surface area contributed by atoms with Gasteiger partial charge in [-0.1, -0.05) is 23.7 Å². The normalized spacial score (nSPS) is 14.8. The molecule has 0 spiro atoms. The van der Waals surface area contributed by atoms with E-state index >= 15 is 0 Å². The topological polar surface area (TPSA) is 82.1 Å². The number of methoxy groups -OCH3 is 1. The lowest BCUT2D eigenvalue weighted by molar-refractivity contribution is -0.142. The van der Waals surface area contributed by atoms with Crippen molar-refractivity contribution in [2.24, 2.45) is 0 Å². The molecule has 1 aliphatic rings. The predicted molar refractivity (Wildman–Crippen MR) is 118 cm³/mol. The van der Waals surface area contributed by atoms with Crippen LogP contribution in [0.2, 0.25) is 5.02 Å². The van der Waals surface area contributed by atoms with E-state index in [1.54, 1.807) is 31.2 Å². The van der Waals surface area contributed by atoms with E-state index < -0.39 is 22.9 Å². The van der Waals surface area contributed by atoms with Gasteiger partial charge in [-0.15, -0.1) is 0 Å². The number of hydrogen-bond donors (Lipinski definition) is 0. The van der Waals surface area contributed by atoms with Gasteiger partial charge in [-0.3, -0.25) is 14.5 Å². The number of imide groups is 1. The number of carbonyl (C=O) groups excluding carboxylic acids is 3. The number of thioether (sulfide) groups is 1. The molecule has 3 rings (SSSR count). The molecular weight excluding hydrogens is 461 g/mol. The van der Waals surface area contributed by atoms with Crippen LogP contribution in [0.15, 0.2) is 41.3 Å². The van der Waals surface area contributed by atoms with Gasteiger partial charge < -0.3 is 14.2 Å². The lowest BCUT2D eigenvalue weighted by Crippen LogP contribution is -2.27. The molecule has 2 aromatic rings. The van der Waals surface area contributed by atoms with Gasteiger partial charge in [0, 0.05) is 5.02 Å². The Balaban J connectivity index is 1.80. The molecule has 2 amide bonds. The predicted octanol–water partition coefficient (Wildman–Crippen LogP) is 4.67. The van der Waals surface area contributed by atoms with Crippen molar-refractivity contribution >= 4 is 46.6 Å². The summed E-state index contributed by atoms with van der Waals surface area (Å²) < 4.78 is 28.8. The van der Waals surface area contributed by atoms with E-state index in [-0.39, 0.29) is 23.1 Å². The molecule has 0 aliphatic carbocycles. The zero-order chi connectivity index (χ0) is 23.3. The Morgan fingerprint density at radius 3 is 2.62 bits per heavy atom. The molecule has 0 unspecified atom stereocenters. The summed E-state index contributed by atoms with van der Waals surface area (Å²) >= 11 is 6.81. The van der Waals surface area contributed by atoms with E-state index in [4.69, 9.17) is 21.1 Å². The van der Waals surface area contributed by atoms with E-state index in [0.29, 0.717) is 29.2 Å². The SMILES string of the molecule is CCOc1cc(/C=C2\SC(=O)N(Cc3ccc(F)cc3Cl)C2=O)ccc1OCC(=O)OC. The van der Waals surface area contributed by atoms with Crippen molar-refractivity contribution in [1.82, 2.24) is 4.90 Å². The van der Waals surface area contributed by atoms with Crippen molar-refractivity contribution in [3.8, 4) is 11.5 Å². The summed E-state index contributed by atoms with van der Waals surface area (Å²) in [5.41, 5.74) is 1.06. The number of rotatable bonds is 8. The van der Waals surface area contributed by atoms with Crippen molar-refractivity contribution < 1.29 is 33.0 Å². The third-order valence-electron chi connectivity index (χ3n) is 4.36. The van der Waals surface area contributed by atoms with E-state index in [0.717, 1.165) is 22.7 Å². The maximum atomic E-state index is 13.3. The van der Waals surface area contributed by atoms with Crippen molar-refractivity contribution in [2.75, 3.05) is 20.3 Å². The summed E-state index contributed by atoms with van der Waals surface area (Å²) in [5, 5.41) is -0.318. The van der Waals surface area contributed by atoms with Gasteiger partial charge in [-0.2, -0.15) is 0 Å². The molecule has 0 bridgehead atoms. The van der Waals surface area contributed by atoms with Gasteiger partial charge in [0.05, 0.1) is 25.2 Å². The highest BCUT2D eigenvalue weighted by Gasteiger charge is 2.35. The highest BCUT2D eigenvalue weighted by molar-refractivity contribution is 8.18. The average molecular weight is 480 g/mol. The molecule has 0 atom stereocenters. The Hall–Kier alpha value is -3.04. The number of carbonyl (C=O) groups is 3. The minimum atomic E-state index is -0.536.